The first kappa shape index (κ1) is 16.1. The maximum absolute atomic E-state index is 12.6. The summed E-state index contributed by atoms with van der Waals surface area (Å²) in [6.45, 7) is 0.184. The summed E-state index contributed by atoms with van der Waals surface area (Å²) in [5.41, 5.74) is 0. The summed E-state index contributed by atoms with van der Waals surface area (Å²) in [4.78, 5) is 34.3. The molecule has 1 aliphatic heterocycles. The van der Waals surface area contributed by atoms with Gasteiger partial charge in [-0.15, -0.1) is 0 Å². The van der Waals surface area contributed by atoms with Crippen molar-refractivity contribution in [3.05, 3.63) is 0 Å². The monoisotopic (exact) mass is 332 g/mol. The topological polar surface area (TPSA) is 78.9 Å². The molecular formula is C15H18F2O6. The molecule has 0 radical (unpaired) electrons. The quantitative estimate of drug-likeness (QED) is 0.416. The molecule has 0 amide bonds. The molecule has 8 heteroatoms. The summed E-state index contributed by atoms with van der Waals surface area (Å²) in [7, 11) is 0. The highest BCUT2D eigenvalue weighted by molar-refractivity contribution is 5.77. The van der Waals surface area contributed by atoms with Crippen LogP contribution < -0.4 is 0 Å². The van der Waals surface area contributed by atoms with Gasteiger partial charge in [0.1, 0.15) is 12.2 Å². The summed E-state index contributed by atoms with van der Waals surface area (Å²) in [6.07, 6.45) is 0.850. The van der Waals surface area contributed by atoms with Crippen LogP contribution in [0.2, 0.25) is 0 Å². The van der Waals surface area contributed by atoms with E-state index in [9.17, 15) is 23.2 Å². The van der Waals surface area contributed by atoms with E-state index in [4.69, 9.17) is 9.47 Å². The van der Waals surface area contributed by atoms with Crippen LogP contribution in [0.3, 0.4) is 0 Å². The number of esters is 3. The molecule has 2 saturated carbocycles. The van der Waals surface area contributed by atoms with E-state index in [-0.39, 0.29) is 49.3 Å². The van der Waals surface area contributed by atoms with Gasteiger partial charge in [-0.25, -0.2) is 4.79 Å². The van der Waals surface area contributed by atoms with E-state index in [2.05, 4.69) is 4.74 Å². The molecule has 0 N–H and O–H groups in total. The van der Waals surface area contributed by atoms with Crippen molar-refractivity contribution < 1.29 is 37.4 Å². The number of hydrogen-bond acceptors (Lipinski definition) is 6. The Morgan fingerprint density at radius 2 is 2.09 bits per heavy atom. The Bertz CT molecular complexity index is 529. The molecule has 0 aromatic rings. The maximum atomic E-state index is 12.6. The fourth-order valence-corrected chi connectivity index (χ4v) is 3.78. The predicted octanol–water partition coefficient (Wildman–Crippen LogP) is 1.46. The minimum Gasteiger partial charge on any atom is -0.461 e. The van der Waals surface area contributed by atoms with E-state index in [0.29, 0.717) is 13.3 Å². The van der Waals surface area contributed by atoms with Crippen molar-refractivity contribution in [2.45, 2.75) is 50.7 Å². The van der Waals surface area contributed by atoms with Crippen molar-refractivity contribution in [1.82, 2.24) is 0 Å². The van der Waals surface area contributed by atoms with Crippen molar-refractivity contribution >= 4 is 17.9 Å². The van der Waals surface area contributed by atoms with Crippen molar-refractivity contribution in [3.8, 4) is 0 Å². The van der Waals surface area contributed by atoms with E-state index in [0.717, 1.165) is 6.42 Å². The Labute approximate surface area is 131 Å². The summed E-state index contributed by atoms with van der Waals surface area (Å²) >= 11 is 0. The number of halogens is 2. The molecule has 5 unspecified atom stereocenters. The number of carbonyl (C=O) groups excluding carboxylic acids is 3. The highest BCUT2D eigenvalue weighted by Gasteiger charge is 2.63. The van der Waals surface area contributed by atoms with Gasteiger partial charge in [-0.3, -0.25) is 9.59 Å². The average Bonchev–Trinajstić information content (AvgIpc) is 3.07. The normalized spacial score (nSPS) is 34.4. The van der Waals surface area contributed by atoms with Gasteiger partial charge in [-0.1, -0.05) is 0 Å². The molecular weight excluding hydrogens is 314 g/mol. The molecule has 3 aliphatic rings. The third-order valence-electron chi connectivity index (χ3n) is 4.80. The van der Waals surface area contributed by atoms with Gasteiger partial charge in [0.05, 0.1) is 12.5 Å². The van der Waals surface area contributed by atoms with Crippen LogP contribution in [-0.4, -0.2) is 42.6 Å². The molecule has 5 atom stereocenters. The highest BCUT2D eigenvalue weighted by Crippen LogP contribution is 2.55. The number of alkyl halides is 2. The lowest BCUT2D eigenvalue weighted by molar-refractivity contribution is -0.170. The Morgan fingerprint density at radius 1 is 1.35 bits per heavy atom. The second-order valence-electron chi connectivity index (χ2n) is 6.49. The minimum absolute atomic E-state index is 0.0411. The second-order valence-corrected chi connectivity index (χ2v) is 6.49. The first-order valence-corrected chi connectivity index (χ1v) is 7.72. The summed E-state index contributed by atoms with van der Waals surface area (Å²) in [6, 6.07) is 0. The first-order valence-electron chi connectivity index (χ1n) is 7.72. The molecule has 2 bridgehead atoms. The molecule has 3 fully saturated rings. The Hall–Kier alpha value is -1.73. The Balaban J connectivity index is 1.39. The van der Waals surface area contributed by atoms with Crippen LogP contribution in [0.25, 0.3) is 0 Å². The standard InChI is InChI=1S/C15H18F2O6/c1-15(16,17)14(20)21-4-2-3-10(18)22-11-7-5-8-9(6-7)13(19)23-12(8)11/h7-9,11-12H,2-6H2,1H3. The number of fused-ring (bicyclic) bond motifs is 1. The van der Waals surface area contributed by atoms with E-state index >= 15 is 0 Å². The molecule has 2 aliphatic carbocycles. The lowest BCUT2D eigenvalue weighted by Crippen LogP contribution is -2.36. The van der Waals surface area contributed by atoms with Crippen LogP contribution in [0, 0.1) is 17.8 Å². The average molecular weight is 332 g/mol. The van der Waals surface area contributed by atoms with E-state index in [1.807, 2.05) is 0 Å². The number of rotatable bonds is 6. The molecule has 0 aromatic carbocycles. The zero-order valence-corrected chi connectivity index (χ0v) is 12.6. The largest absolute Gasteiger partial charge is 0.461 e. The minimum atomic E-state index is -3.54. The lowest BCUT2D eigenvalue weighted by atomic mass is 9.88. The second kappa shape index (κ2) is 5.72. The van der Waals surface area contributed by atoms with E-state index < -0.39 is 24.0 Å². The maximum Gasteiger partial charge on any atom is 0.376 e. The van der Waals surface area contributed by atoms with Gasteiger partial charge in [0.2, 0.25) is 0 Å². The molecule has 0 aromatic heterocycles. The predicted molar refractivity (Wildman–Crippen MR) is 70.3 cm³/mol. The van der Waals surface area contributed by atoms with Gasteiger partial charge < -0.3 is 14.2 Å². The van der Waals surface area contributed by atoms with E-state index in [1.54, 1.807) is 0 Å². The van der Waals surface area contributed by atoms with Gasteiger partial charge in [-0.2, -0.15) is 8.78 Å². The smallest absolute Gasteiger partial charge is 0.376 e. The van der Waals surface area contributed by atoms with Crippen LogP contribution in [0.15, 0.2) is 0 Å². The van der Waals surface area contributed by atoms with Gasteiger partial charge in [0.15, 0.2) is 0 Å². The van der Waals surface area contributed by atoms with Crippen molar-refractivity contribution in [1.29, 1.82) is 0 Å². The van der Waals surface area contributed by atoms with Gasteiger partial charge >= 0.3 is 23.8 Å². The number of hydrogen-bond donors (Lipinski definition) is 0. The van der Waals surface area contributed by atoms with Gasteiger partial charge in [-0.05, 0) is 19.3 Å². The zero-order valence-electron chi connectivity index (χ0n) is 12.6. The van der Waals surface area contributed by atoms with Crippen LogP contribution in [0.1, 0.15) is 32.6 Å². The molecule has 1 saturated heterocycles. The van der Waals surface area contributed by atoms with Crippen LogP contribution in [0.5, 0.6) is 0 Å². The number of carbonyl (C=O) groups is 3. The molecule has 1 heterocycles. The molecule has 3 rings (SSSR count). The summed E-state index contributed by atoms with van der Waals surface area (Å²) < 4.78 is 40.2. The van der Waals surface area contributed by atoms with Crippen molar-refractivity contribution in [2.24, 2.45) is 17.8 Å². The molecule has 6 nitrogen and oxygen atoms in total. The number of ether oxygens (including phenoxy) is 3. The lowest BCUT2D eigenvalue weighted by Gasteiger charge is -2.25. The van der Waals surface area contributed by atoms with Crippen molar-refractivity contribution in [2.75, 3.05) is 6.61 Å². The van der Waals surface area contributed by atoms with Crippen LogP contribution in [-0.2, 0) is 28.6 Å². The Morgan fingerprint density at radius 3 is 2.78 bits per heavy atom. The SMILES string of the molecule is CC(F)(F)C(=O)OCCCC(=O)OC1C2CC3C(=O)OC1C3C2. The third kappa shape index (κ3) is 3.03. The molecule has 0 spiro atoms. The molecule has 23 heavy (non-hydrogen) atoms. The Kier molecular flexibility index (Phi) is 4.01. The van der Waals surface area contributed by atoms with Gasteiger partial charge in [0, 0.05) is 25.2 Å². The zero-order chi connectivity index (χ0) is 16.8. The van der Waals surface area contributed by atoms with Crippen molar-refractivity contribution in [3.63, 3.8) is 0 Å². The van der Waals surface area contributed by atoms with E-state index in [1.165, 1.54) is 0 Å². The third-order valence-corrected chi connectivity index (χ3v) is 4.80. The van der Waals surface area contributed by atoms with Gasteiger partial charge in [0.25, 0.3) is 0 Å². The van der Waals surface area contributed by atoms with Crippen LogP contribution in [0.4, 0.5) is 8.78 Å². The highest BCUT2D eigenvalue weighted by atomic mass is 19.3. The van der Waals surface area contributed by atoms with Crippen LogP contribution >= 0.6 is 0 Å². The fraction of sp³-hybridized carbons (Fsp3) is 0.800. The first-order chi connectivity index (χ1) is 10.8. The summed E-state index contributed by atoms with van der Waals surface area (Å²) in [5.74, 6) is -5.58. The summed E-state index contributed by atoms with van der Waals surface area (Å²) in [5, 5.41) is 0. The fourth-order valence-electron chi connectivity index (χ4n) is 3.78. The molecule has 128 valence electrons.